The zero-order valence-corrected chi connectivity index (χ0v) is 9.32. The van der Waals surface area contributed by atoms with Gasteiger partial charge in [0.1, 0.15) is 0 Å². The molecule has 0 spiro atoms. The van der Waals surface area contributed by atoms with Gasteiger partial charge in [-0.25, -0.2) is 0 Å². The molecule has 0 aliphatic heterocycles. The van der Waals surface area contributed by atoms with Crippen molar-refractivity contribution in [1.29, 1.82) is 0 Å². The first-order valence-electron chi connectivity index (χ1n) is 6.04. The maximum absolute atomic E-state index is 11.5. The lowest BCUT2D eigenvalue weighted by Crippen LogP contribution is -2.49. The Morgan fingerprint density at radius 2 is 1.69 bits per heavy atom. The summed E-state index contributed by atoms with van der Waals surface area (Å²) in [6.45, 7) is 0. The van der Waals surface area contributed by atoms with Crippen LogP contribution in [0.25, 0.3) is 0 Å². The highest BCUT2D eigenvalue weighted by Gasteiger charge is 2.53. The number of fused-ring (bicyclic) bond motifs is 1. The van der Waals surface area contributed by atoms with Crippen LogP contribution in [0, 0.1) is 17.3 Å². The smallest absolute Gasteiger partial charge is 0.309 e. The van der Waals surface area contributed by atoms with Crippen LogP contribution < -0.4 is 0 Å². The lowest BCUT2D eigenvalue weighted by atomic mass is 9.56. The predicted molar refractivity (Wildman–Crippen MR) is 57.0 cm³/mol. The summed E-state index contributed by atoms with van der Waals surface area (Å²) in [5, 5.41) is 18.6. The van der Waals surface area contributed by atoms with E-state index in [-0.39, 0.29) is 5.92 Å². The molecular formula is C12H18O4. The molecule has 0 aromatic rings. The van der Waals surface area contributed by atoms with E-state index in [0.29, 0.717) is 19.3 Å². The van der Waals surface area contributed by atoms with Gasteiger partial charge in [0.15, 0.2) is 0 Å². The van der Waals surface area contributed by atoms with Crippen molar-refractivity contribution in [2.24, 2.45) is 17.3 Å². The van der Waals surface area contributed by atoms with E-state index in [9.17, 15) is 19.8 Å². The van der Waals surface area contributed by atoms with Gasteiger partial charge in [0, 0.05) is 0 Å². The Morgan fingerprint density at radius 3 is 2.31 bits per heavy atom. The highest BCUT2D eigenvalue weighted by Crippen LogP contribution is 2.53. The lowest BCUT2D eigenvalue weighted by molar-refractivity contribution is -0.166. The van der Waals surface area contributed by atoms with Crippen LogP contribution in [0.4, 0.5) is 0 Å². The Bertz CT molecular complexity index is 308. The molecule has 2 fully saturated rings. The van der Waals surface area contributed by atoms with E-state index >= 15 is 0 Å². The van der Waals surface area contributed by atoms with Gasteiger partial charge in [0.2, 0.25) is 0 Å². The summed E-state index contributed by atoms with van der Waals surface area (Å²) in [5.74, 6) is -2.17. The van der Waals surface area contributed by atoms with Gasteiger partial charge < -0.3 is 10.2 Å². The van der Waals surface area contributed by atoms with E-state index < -0.39 is 23.3 Å². The van der Waals surface area contributed by atoms with Gasteiger partial charge in [-0.3, -0.25) is 9.59 Å². The topological polar surface area (TPSA) is 74.6 Å². The lowest BCUT2D eigenvalue weighted by Gasteiger charge is -2.47. The van der Waals surface area contributed by atoms with Crippen LogP contribution in [0.15, 0.2) is 0 Å². The molecule has 16 heavy (non-hydrogen) atoms. The van der Waals surface area contributed by atoms with E-state index in [1.54, 1.807) is 0 Å². The molecule has 0 bridgehead atoms. The summed E-state index contributed by atoms with van der Waals surface area (Å²) in [7, 11) is 0. The summed E-state index contributed by atoms with van der Waals surface area (Å²) in [6, 6.07) is 0. The highest BCUT2D eigenvalue weighted by atomic mass is 16.4. The molecule has 4 nitrogen and oxygen atoms in total. The normalized spacial score (nSPS) is 38.8. The molecule has 2 aliphatic carbocycles. The molecule has 90 valence electrons. The molecule has 0 amide bonds. The minimum atomic E-state index is -0.808. The van der Waals surface area contributed by atoms with E-state index in [0.717, 1.165) is 25.7 Å². The summed E-state index contributed by atoms with van der Waals surface area (Å²) >= 11 is 0. The van der Waals surface area contributed by atoms with E-state index in [1.807, 2.05) is 0 Å². The number of carboxylic acid groups (broad SMARTS) is 2. The summed E-state index contributed by atoms with van der Waals surface area (Å²) < 4.78 is 0. The molecule has 3 unspecified atom stereocenters. The minimum Gasteiger partial charge on any atom is -0.481 e. The van der Waals surface area contributed by atoms with Crippen LogP contribution in [0.3, 0.4) is 0 Å². The number of rotatable bonds is 2. The molecule has 0 heterocycles. The van der Waals surface area contributed by atoms with Crippen molar-refractivity contribution in [2.75, 3.05) is 0 Å². The second-order valence-electron chi connectivity index (χ2n) is 5.15. The maximum Gasteiger partial charge on any atom is 0.309 e. The molecule has 2 N–H and O–H groups in total. The number of hydrogen-bond donors (Lipinski definition) is 2. The standard InChI is InChI=1S/C12H18O4/c13-10(14)8-4-3-7-12(11(15)16)6-2-1-5-9(8)12/h8-9H,1-7H2,(H,13,14)(H,15,16). The van der Waals surface area contributed by atoms with Crippen molar-refractivity contribution in [1.82, 2.24) is 0 Å². The average Bonchev–Trinajstić information content (AvgIpc) is 2.27. The fourth-order valence-corrected chi connectivity index (χ4v) is 3.67. The van der Waals surface area contributed by atoms with Crippen molar-refractivity contribution in [3.63, 3.8) is 0 Å². The van der Waals surface area contributed by atoms with Crippen molar-refractivity contribution in [2.45, 2.75) is 44.9 Å². The molecule has 3 atom stereocenters. The van der Waals surface area contributed by atoms with Crippen LogP contribution >= 0.6 is 0 Å². The Hall–Kier alpha value is -1.06. The second kappa shape index (κ2) is 4.07. The third-order valence-corrected chi connectivity index (χ3v) is 4.46. The fraction of sp³-hybridized carbons (Fsp3) is 0.833. The first-order chi connectivity index (χ1) is 7.58. The minimum absolute atomic E-state index is 0.148. The quantitative estimate of drug-likeness (QED) is 0.756. The van der Waals surface area contributed by atoms with Gasteiger partial charge in [-0.2, -0.15) is 0 Å². The average molecular weight is 226 g/mol. The van der Waals surface area contributed by atoms with Gasteiger partial charge in [-0.05, 0) is 31.6 Å². The monoisotopic (exact) mass is 226 g/mol. The number of carbonyl (C=O) groups is 2. The zero-order chi connectivity index (χ0) is 11.8. The van der Waals surface area contributed by atoms with Gasteiger partial charge in [-0.1, -0.05) is 19.3 Å². The van der Waals surface area contributed by atoms with Crippen LogP contribution in [-0.4, -0.2) is 22.2 Å². The van der Waals surface area contributed by atoms with Crippen LogP contribution in [0.5, 0.6) is 0 Å². The number of hydrogen-bond acceptors (Lipinski definition) is 2. The molecule has 0 aromatic carbocycles. The molecule has 0 radical (unpaired) electrons. The van der Waals surface area contributed by atoms with Gasteiger partial charge >= 0.3 is 11.9 Å². The molecule has 2 saturated carbocycles. The Balaban J connectivity index is 2.31. The van der Waals surface area contributed by atoms with E-state index in [2.05, 4.69) is 0 Å². The van der Waals surface area contributed by atoms with Gasteiger partial charge in [0.05, 0.1) is 11.3 Å². The second-order valence-corrected chi connectivity index (χ2v) is 5.15. The van der Waals surface area contributed by atoms with Gasteiger partial charge in [-0.15, -0.1) is 0 Å². The largest absolute Gasteiger partial charge is 0.481 e. The third-order valence-electron chi connectivity index (χ3n) is 4.46. The molecule has 2 rings (SSSR count). The van der Waals surface area contributed by atoms with E-state index in [4.69, 9.17) is 0 Å². The molecule has 0 saturated heterocycles. The maximum atomic E-state index is 11.5. The number of carboxylic acids is 2. The zero-order valence-electron chi connectivity index (χ0n) is 9.32. The summed E-state index contributed by atoms with van der Waals surface area (Å²) in [6.07, 6.45) is 5.38. The van der Waals surface area contributed by atoms with Crippen LogP contribution in [-0.2, 0) is 9.59 Å². The first kappa shape index (κ1) is 11.4. The number of aliphatic carboxylic acids is 2. The highest BCUT2D eigenvalue weighted by molar-refractivity contribution is 5.78. The van der Waals surface area contributed by atoms with Crippen molar-refractivity contribution in [3.05, 3.63) is 0 Å². The van der Waals surface area contributed by atoms with Crippen LogP contribution in [0.1, 0.15) is 44.9 Å². The van der Waals surface area contributed by atoms with Crippen LogP contribution in [0.2, 0.25) is 0 Å². The Kier molecular flexibility index (Phi) is 2.91. The molecule has 4 heteroatoms. The Labute approximate surface area is 94.7 Å². The summed E-state index contributed by atoms with van der Waals surface area (Å²) in [4.78, 5) is 22.7. The van der Waals surface area contributed by atoms with Crippen molar-refractivity contribution >= 4 is 11.9 Å². The summed E-state index contributed by atoms with van der Waals surface area (Å²) in [5.41, 5.74) is -0.737. The molecular weight excluding hydrogens is 208 g/mol. The van der Waals surface area contributed by atoms with E-state index in [1.165, 1.54) is 0 Å². The SMILES string of the molecule is O=C(O)C1CCCC2(C(=O)O)CCCCC12. The third kappa shape index (κ3) is 1.60. The molecule has 2 aliphatic rings. The predicted octanol–water partition coefficient (Wildman–Crippen LogP) is 2.13. The Morgan fingerprint density at radius 1 is 1.00 bits per heavy atom. The molecule has 0 aromatic heterocycles. The first-order valence-corrected chi connectivity index (χ1v) is 6.04. The van der Waals surface area contributed by atoms with Crippen molar-refractivity contribution < 1.29 is 19.8 Å². The fourth-order valence-electron chi connectivity index (χ4n) is 3.67. The van der Waals surface area contributed by atoms with Gasteiger partial charge in [0.25, 0.3) is 0 Å². The van der Waals surface area contributed by atoms with Crippen molar-refractivity contribution in [3.8, 4) is 0 Å².